The van der Waals surface area contributed by atoms with E-state index in [2.05, 4.69) is 0 Å². The van der Waals surface area contributed by atoms with E-state index in [1.807, 2.05) is 11.9 Å². The summed E-state index contributed by atoms with van der Waals surface area (Å²) in [5.41, 5.74) is 0.391. The molecule has 1 aliphatic rings. The molecule has 2 N–H and O–H groups in total. The van der Waals surface area contributed by atoms with E-state index in [1.54, 1.807) is 24.3 Å². The number of nitrogens with zero attached hydrogens (tertiary/aromatic N) is 1. The summed E-state index contributed by atoms with van der Waals surface area (Å²) in [5, 5.41) is 17.9. The molecule has 0 radical (unpaired) electrons. The van der Waals surface area contributed by atoms with Crippen LogP contribution in [0.3, 0.4) is 0 Å². The second kappa shape index (κ2) is 5.69. The summed E-state index contributed by atoms with van der Waals surface area (Å²) >= 11 is 0. The molecular weight excluding hydrogens is 236 g/mol. The van der Waals surface area contributed by atoms with Crippen molar-refractivity contribution in [2.75, 3.05) is 20.1 Å². The summed E-state index contributed by atoms with van der Waals surface area (Å²) in [5.74, 6) is 0.552. The standard InChI is InChI=1S/C12H17BFNO3/c1-15-7-6-12(11(14)8-15)18-10-4-2-9(3-5-10)13(16)17/h2-5,11-12,16-17H,6-8H2,1H3/t11-,12-/m1/s1. The molecule has 1 fully saturated rings. The molecule has 0 amide bonds. The Bertz CT molecular complexity index is 387. The minimum absolute atomic E-state index is 0.387. The van der Waals surface area contributed by atoms with Gasteiger partial charge in [0.2, 0.25) is 0 Å². The highest BCUT2D eigenvalue weighted by molar-refractivity contribution is 6.58. The van der Waals surface area contributed by atoms with Crippen LogP contribution >= 0.6 is 0 Å². The van der Waals surface area contributed by atoms with Crippen molar-refractivity contribution in [2.45, 2.75) is 18.7 Å². The number of halogens is 1. The molecular formula is C12H17BFNO3. The Kier molecular flexibility index (Phi) is 4.21. The van der Waals surface area contributed by atoms with Crippen LogP contribution in [0.25, 0.3) is 0 Å². The number of piperidine rings is 1. The van der Waals surface area contributed by atoms with Gasteiger partial charge >= 0.3 is 7.12 Å². The Hall–Kier alpha value is -1.11. The molecule has 1 aromatic carbocycles. The molecule has 2 rings (SSSR count). The second-order valence-corrected chi connectivity index (χ2v) is 4.67. The molecule has 18 heavy (non-hydrogen) atoms. The Balaban J connectivity index is 1.96. The smallest absolute Gasteiger partial charge is 0.487 e. The zero-order valence-electron chi connectivity index (χ0n) is 10.3. The van der Waals surface area contributed by atoms with E-state index >= 15 is 0 Å². The Labute approximate surface area is 106 Å². The van der Waals surface area contributed by atoms with E-state index < -0.39 is 19.4 Å². The van der Waals surface area contributed by atoms with Crippen LogP contribution in [0.1, 0.15) is 6.42 Å². The van der Waals surface area contributed by atoms with Crippen molar-refractivity contribution in [1.82, 2.24) is 4.90 Å². The summed E-state index contributed by atoms with van der Waals surface area (Å²) in [4.78, 5) is 1.94. The molecule has 2 atom stereocenters. The molecule has 0 bridgehead atoms. The van der Waals surface area contributed by atoms with Gasteiger partial charge in [-0.25, -0.2) is 4.39 Å². The third-order valence-corrected chi connectivity index (χ3v) is 3.15. The molecule has 1 heterocycles. The lowest BCUT2D eigenvalue weighted by atomic mass is 9.80. The van der Waals surface area contributed by atoms with Gasteiger partial charge in [0, 0.05) is 13.1 Å². The molecule has 6 heteroatoms. The minimum atomic E-state index is -1.49. The number of benzene rings is 1. The van der Waals surface area contributed by atoms with Crippen molar-refractivity contribution < 1.29 is 19.2 Å². The van der Waals surface area contributed by atoms with Gasteiger partial charge in [-0.05, 0) is 31.1 Å². The fraction of sp³-hybridized carbons (Fsp3) is 0.500. The minimum Gasteiger partial charge on any atom is -0.487 e. The summed E-state index contributed by atoms with van der Waals surface area (Å²) in [6.07, 6.45) is -0.764. The Morgan fingerprint density at radius 2 is 2.00 bits per heavy atom. The maximum atomic E-state index is 13.7. The fourth-order valence-corrected chi connectivity index (χ4v) is 2.06. The average Bonchev–Trinajstić information content (AvgIpc) is 2.33. The number of hydrogen-bond donors (Lipinski definition) is 2. The topological polar surface area (TPSA) is 52.9 Å². The molecule has 0 aromatic heterocycles. The van der Waals surface area contributed by atoms with E-state index in [4.69, 9.17) is 14.8 Å². The molecule has 0 spiro atoms. The van der Waals surface area contributed by atoms with Crippen LogP contribution in [0.15, 0.2) is 24.3 Å². The summed E-state index contributed by atoms with van der Waals surface area (Å²) < 4.78 is 19.3. The largest absolute Gasteiger partial charge is 0.488 e. The molecule has 98 valence electrons. The van der Waals surface area contributed by atoms with Crippen molar-refractivity contribution >= 4 is 12.6 Å². The highest BCUT2D eigenvalue weighted by Crippen LogP contribution is 2.19. The first-order chi connectivity index (χ1) is 8.56. The first-order valence-corrected chi connectivity index (χ1v) is 6.01. The number of ether oxygens (including phenoxy) is 1. The molecule has 1 aromatic rings. The van der Waals surface area contributed by atoms with Gasteiger partial charge in [0.1, 0.15) is 18.0 Å². The number of rotatable bonds is 3. The molecule has 1 saturated heterocycles. The van der Waals surface area contributed by atoms with Crippen LogP contribution in [0, 0.1) is 0 Å². The lowest BCUT2D eigenvalue weighted by molar-refractivity contribution is 0.0313. The highest BCUT2D eigenvalue weighted by atomic mass is 19.1. The SMILES string of the molecule is CN1CC[C@@H](Oc2ccc(B(O)O)cc2)[C@H](F)C1. The summed E-state index contributed by atoms with van der Waals surface area (Å²) in [6.45, 7) is 1.20. The lowest BCUT2D eigenvalue weighted by Crippen LogP contribution is -2.45. The maximum Gasteiger partial charge on any atom is 0.488 e. The van der Waals surface area contributed by atoms with E-state index in [0.29, 0.717) is 24.2 Å². The first-order valence-electron chi connectivity index (χ1n) is 6.01. The van der Waals surface area contributed by atoms with Gasteiger partial charge < -0.3 is 19.7 Å². The monoisotopic (exact) mass is 253 g/mol. The normalized spacial score (nSPS) is 24.9. The van der Waals surface area contributed by atoms with Gasteiger partial charge in [-0.3, -0.25) is 0 Å². The summed E-state index contributed by atoms with van der Waals surface area (Å²) in [7, 11) is 0.400. The van der Waals surface area contributed by atoms with Crippen LogP contribution in [-0.2, 0) is 0 Å². The van der Waals surface area contributed by atoms with Crippen LogP contribution in [-0.4, -0.2) is 54.5 Å². The molecule has 4 nitrogen and oxygen atoms in total. The molecule has 0 saturated carbocycles. The van der Waals surface area contributed by atoms with Crippen molar-refractivity contribution in [3.8, 4) is 5.75 Å². The zero-order chi connectivity index (χ0) is 13.1. The van der Waals surface area contributed by atoms with Gasteiger partial charge in [-0.2, -0.15) is 0 Å². The van der Waals surface area contributed by atoms with Crippen LogP contribution in [0.2, 0.25) is 0 Å². The van der Waals surface area contributed by atoms with Crippen molar-refractivity contribution in [3.05, 3.63) is 24.3 Å². The first kappa shape index (κ1) is 13.3. The molecule has 1 aliphatic heterocycles. The predicted octanol–water partition coefficient (Wildman–Crippen LogP) is -0.213. The van der Waals surface area contributed by atoms with E-state index in [-0.39, 0.29) is 0 Å². The summed E-state index contributed by atoms with van der Waals surface area (Å²) in [6, 6.07) is 6.37. The molecule has 0 aliphatic carbocycles. The quantitative estimate of drug-likeness (QED) is 0.732. The van der Waals surface area contributed by atoms with Crippen LogP contribution in [0.5, 0.6) is 5.75 Å². The number of hydrogen-bond acceptors (Lipinski definition) is 4. The third kappa shape index (κ3) is 3.22. The highest BCUT2D eigenvalue weighted by Gasteiger charge is 2.29. The Morgan fingerprint density at radius 1 is 1.33 bits per heavy atom. The predicted molar refractivity (Wildman–Crippen MR) is 67.7 cm³/mol. The van der Waals surface area contributed by atoms with Crippen LogP contribution < -0.4 is 10.2 Å². The van der Waals surface area contributed by atoms with E-state index in [9.17, 15) is 4.39 Å². The van der Waals surface area contributed by atoms with Gasteiger partial charge in [0.05, 0.1) is 0 Å². The third-order valence-electron chi connectivity index (χ3n) is 3.15. The zero-order valence-corrected chi connectivity index (χ0v) is 10.3. The van der Waals surface area contributed by atoms with Gasteiger partial charge in [0.25, 0.3) is 0 Å². The van der Waals surface area contributed by atoms with Gasteiger partial charge in [-0.15, -0.1) is 0 Å². The number of alkyl halides is 1. The Morgan fingerprint density at radius 3 is 2.56 bits per heavy atom. The van der Waals surface area contributed by atoms with Crippen LogP contribution in [0.4, 0.5) is 4.39 Å². The average molecular weight is 253 g/mol. The second-order valence-electron chi connectivity index (χ2n) is 4.67. The van der Waals surface area contributed by atoms with Gasteiger partial charge in [-0.1, -0.05) is 12.1 Å². The fourth-order valence-electron chi connectivity index (χ4n) is 2.06. The van der Waals surface area contributed by atoms with Crippen molar-refractivity contribution in [2.24, 2.45) is 0 Å². The van der Waals surface area contributed by atoms with E-state index in [1.165, 1.54) is 0 Å². The van der Waals surface area contributed by atoms with Crippen molar-refractivity contribution in [1.29, 1.82) is 0 Å². The lowest BCUT2D eigenvalue weighted by Gasteiger charge is -2.32. The van der Waals surface area contributed by atoms with Crippen molar-refractivity contribution in [3.63, 3.8) is 0 Å². The van der Waals surface area contributed by atoms with E-state index in [0.717, 1.165) is 6.54 Å². The number of likely N-dealkylation sites (tertiary alicyclic amines) is 1. The van der Waals surface area contributed by atoms with Gasteiger partial charge in [0.15, 0.2) is 0 Å². The molecule has 0 unspecified atom stereocenters. The maximum absolute atomic E-state index is 13.7.